The molecule has 0 aromatic carbocycles. The second kappa shape index (κ2) is 9.23. The lowest BCUT2D eigenvalue weighted by atomic mass is 9.97. The lowest BCUT2D eigenvalue weighted by Crippen LogP contribution is -1.94. The third kappa shape index (κ3) is 8.93. The minimum Gasteiger partial charge on any atom is -0.392 e. The normalized spacial score (nSPS) is 14.1. The van der Waals surface area contributed by atoms with Gasteiger partial charge >= 0.3 is 0 Å². The van der Waals surface area contributed by atoms with Crippen molar-refractivity contribution in [2.24, 2.45) is 5.92 Å². The minimum atomic E-state index is 0.130. The molecule has 0 saturated carbocycles. The van der Waals surface area contributed by atoms with Gasteiger partial charge in [0.25, 0.3) is 0 Å². The van der Waals surface area contributed by atoms with Gasteiger partial charge in [-0.05, 0) is 52.9 Å². The summed E-state index contributed by atoms with van der Waals surface area (Å²) in [6, 6.07) is 0. The van der Waals surface area contributed by atoms with Crippen LogP contribution in [0.2, 0.25) is 0 Å². The van der Waals surface area contributed by atoms with Gasteiger partial charge in [0.15, 0.2) is 0 Å². The van der Waals surface area contributed by atoms with Crippen molar-refractivity contribution in [2.45, 2.75) is 53.9 Å². The Morgan fingerprint density at radius 1 is 1.18 bits per heavy atom. The molecule has 1 atom stereocenters. The molecular formula is C16H28O. The highest BCUT2D eigenvalue weighted by Gasteiger charge is 2.01. The van der Waals surface area contributed by atoms with Crippen molar-refractivity contribution in [1.82, 2.24) is 0 Å². The van der Waals surface area contributed by atoms with Gasteiger partial charge in [-0.2, -0.15) is 0 Å². The largest absolute Gasteiger partial charge is 0.392 e. The van der Waals surface area contributed by atoms with Crippen LogP contribution < -0.4 is 0 Å². The van der Waals surface area contributed by atoms with E-state index in [1.54, 1.807) is 0 Å². The monoisotopic (exact) mass is 236 g/mol. The predicted molar refractivity (Wildman–Crippen MR) is 77.0 cm³/mol. The first-order chi connectivity index (χ1) is 7.97. The van der Waals surface area contributed by atoms with Gasteiger partial charge < -0.3 is 5.11 Å². The van der Waals surface area contributed by atoms with Crippen molar-refractivity contribution in [2.75, 3.05) is 6.61 Å². The van der Waals surface area contributed by atoms with Crippen molar-refractivity contribution in [3.63, 3.8) is 0 Å². The molecule has 1 heteroatoms. The molecule has 0 bridgehead atoms. The summed E-state index contributed by atoms with van der Waals surface area (Å²) in [6.45, 7) is 11.0. The standard InChI is InChI=1S/C16H28O/c1-13(2)16(5)10-9-14(3)7-6-8-15(4)11-12-17/h6,8,11,14,17H,7,9-10,12H2,1-5H3. The third-order valence-electron chi connectivity index (χ3n) is 3.20. The summed E-state index contributed by atoms with van der Waals surface area (Å²) in [6.07, 6.45) is 9.72. The molecule has 0 radical (unpaired) electrons. The van der Waals surface area contributed by atoms with E-state index in [0.717, 1.165) is 17.9 Å². The molecule has 0 rings (SSSR count). The molecule has 1 nitrogen and oxygen atoms in total. The predicted octanol–water partition coefficient (Wildman–Crippen LogP) is 4.64. The zero-order chi connectivity index (χ0) is 13.3. The smallest absolute Gasteiger partial charge is 0.0617 e. The third-order valence-corrected chi connectivity index (χ3v) is 3.20. The van der Waals surface area contributed by atoms with Crippen molar-refractivity contribution < 1.29 is 5.11 Å². The quantitative estimate of drug-likeness (QED) is 0.504. The van der Waals surface area contributed by atoms with Crippen LogP contribution >= 0.6 is 0 Å². The van der Waals surface area contributed by atoms with Crippen molar-refractivity contribution >= 4 is 0 Å². The van der Waals surface area contributed by atoms with Crippen molar-refractivity contribution in [3.05, 3.63) is 34.9 Å². The van der Waals surface area contributed by atoms with E-state index in [9.17, 15) is 0 Å². The molecule has 0 aliphatic heterocycles. The maximum absolute atomic E-state index is 8.73. The van der Waals surface area contributed by atoms with Gasteiger partial charge in [0.1, 0.15) is 0 Å². The van der Waals surface area contributed by atoms with Crippen LogP contribution in [-0.2, 0) is 0 Å². The molecule has 0 aliphatic rings. The first-order valence-corrected chi connectivity index (χ1v) is 6.54. The summed E-state index contributed by atoms with van der Waals surface area (Å²) >= 11 is 0. The highest BCUT2D eigenvalue weighted by molar-refractivity contribution is 5.15. The van der Waals surface area contributed by atoms with Crippen LogP contribution in [0, 0.1) is 5.92 Å². The van der Waals surface area contributed by atoms with Gasteiger partial charge in [0, 0.05) is 0 Å². The number of aliphatic hydroxyl groups excluding tert-OH is 1. The number of rotatable bonds is 7. The molecular weight excluding hydrogens is 208 g/mol. The van der Waals surface area contributed by atoms with Gasteiger partial charge in [0.2, 0.25) is 0 Å². The average Bonchev–Trinajstić information content (AvgIpc) is 2.26. The lowest BCUT2D eigenvalue weighted by Gasteiger charge is -2.09. The summed E-state index contributed by atoms with van der Waals surface area (Å²) in [5, 5.41) is 8.73. The highest BCUT2D eigenvalue weighted by atomic mass is 16.2. The summed E-state index contributed by atoms with van der Waals surface area (Å²) < 4.78 is 0. The van der Waals surface area contributed by atoms with Crippen molar-refractivity contribution in [1.29, 1.82) is 0 Å². The van der Waals surface area contributed by atoms with Crippen LogP contribution in [0.25, 0.3) is 0 Å². The Hall–Kier alpha value is -0.820. The number of allylic oxidation sites excluding steroid dienone is 5. The first-order valence-electron chi connectivity index (χ1n) is 6.54. The Labute approximate surface area is 107 Å². The van der Waals surface area contributed by atoms with Crippen molar-refractivity contribution in [3.8, 4) is 0 Å². The molecule has 0 fully saturated rings. The molecule has 1 N–H and O–H groups in total. The molecule has 0 spiro atoms. The first kappa shape index (κ1) is 16.2. The number of aliphatic hydroxyl groups is 1. The van der Waals surface area contributed by atoms with E-state index in [4.69, 9.17) is 5.11 Å². The number of hydrogen-bond donors (Lipinski definition) is 1. The van der Waals surface area contributed by atoms with Crippen LogP contribution in [0.15, 0.2) is 34.9 Å². The van der Waals surface area contributed by atoms with Gasteiger partial charge in [-0.3, -0.25) is 0 Å². The second-order valence-corrected chi connectivity index (χ2v) is 5.19. The van der Waals surface area contributed by atoms with E-state index in [2.05, 4.69) is 39.8 Å². The van der Waals surface area contributed by atoms with Gasteiger partial charge in [-0.15, -0.1) is 0 Å². The second-order valence-electron chi connectivity index (χ2n) is 5.19. The fourth-order valence-corrected chi connectivity index (χ4v) is 1.53. The van der Waals surface area contributed by atoms with Crippen LogP contribution in [-0.4, -0.2) is 11.7 Å². The molecule has 17 heavy (non-hydrogen) atoms. The summed E-state index contributed by atoms with van der Waals surface area (Å²) in [5.74, 6) is 0.725. The van der Waals surface area contributed by atoms with E-state index >= 15 is 0 Å². The Balaban J connectivity index is 3.92. The van der Waals surface area contributed by atoms with Crippen LogP contribution in [0.1, 0.15) is 53.9 Å². The van der Waals surface area contributed by atoms with Crippen LogP contribution in [0.4, 0.5) is 0 Å². The fourth-order valence-electron chi connectivity index (χ4n) is 1.53. The summed E-state index contributed by atoms with van der Waals surface area (Å²) in [5.41, 5.74) is 4.12. The Kier molecular flexibility index (Phi) is 8.79. The van der Waals surface area contributed by atoms with E-state index in [1.807, 2.05) is 13.0 Å². The fraction of sp³-hybridized carbons (Fsp3) is 0.625. The minimum absolute atomic E-state index is 0.130. The Morgan fingerprint density at radius 2 is 1.82 bits per heavy atom. The Bertz CT molecular complexity index is 291. The zero-order valence-corrected chi connectivity index (χ0v) is 12.1. The highest BCUT2D eigenvalue weighted by Crippen LogP contribution is 2.17. The van der Waals surface area contributed by atoms with E-state index in [-0.39, 0.29) is 6.61 Å². The molecule has 98 valence electrons. The Morgan fingerprint density at radius 3 is 2.35 bits per heavy atom. The van der Waals surface area contributed by atoms with Gasteiger partial charge in [-0.25, -0.2) is 0 Å². The molecule has 1 unspecified atom stereocenters. The van der Waals surface area contributed by atoms with Crippen LogP contribution in [0.5, 0.6) is 0 Å². The van der Waals surface area contributed by atoms with E-state index in [1.165, 1.54) is 24.0 Å². The van der Waals surface area contributed by atoms with Gasteiger partial charge in [0.05, 0.1) is 6.61 Å². The molecule has 0 aliphatic carbocycles. The molecule has 0 aromatic heterocycles. The summed E-state index contributed by atoms with van der Waals surface area (Å²) in [4.78, 5) is 0. The maximum atomic E-state index is 8.73. The molecule has 0 heterocycles. The average molecular weight is 236 g/mol. The lowest BCUT2D eigenvalue weighted by molar-refractivity contribution is 0.342. The summed E-state index contributed by atoms with van der Waals surface area (Å²) in [7, 11) is 0. The maximum Gasteiger partial charge on any atom is 0.0617 e. The zero-order valence-electron chi connectivity index (χ0n) is 12.1. The SMILES string of the molecule is CC(C=CCC(C)CCC(C)=C(C)C)=CCO. The number of hydrogen-bond acceptors (Lipinski definition) is 1. The van der Waals surface area contributed by atoms with E-state index in [0.29, 0.717) is 0 Å². The molecule has 0 aromatic rings. The molecule has 0 saturated heterocycles. The van der Waals surface area contributed by atoms with E-state index < -0.39 is 0 Å². The molecule has 0 amide bonds. The van der Waals surface area contributed by atoms with Crippen LogP contribution in [0.3, 0.4) is 0 Å². The topological polar surface area (TPSA) is 20.2 Å². The van der Waals surface area contributed by atoms with Gasteiger partial charge in [-0.1, -0.05) is 41.9 Å².